The van der Waals surface area contributed by atoms with E-state index >= 15 is 0 Å². The van der Waals surface area contributed by atoms with Crippen LogP contribution < -0.4 is 4.74 Å². The number of methoxy groups -OCH3 is 1. The third-order valence-electron chi connectivity index (χ3n) is 4.09. The predicted octanol–water partition coefficient (Wildman–Crippen LogP) is 3.46. The zero-order chi connectivity index (χ0) is 13.0. The number of likely N-dealkylation sites (tertiary alicyclic amines) is 1. The lowest BCUT2D eigenvalue weighted by molar-refractivity contribution is 0.0828. The van der Waals surface area contributed by atoms with Crippen LogP contribution in [0.3, 0.4) is 0 Å². The van der Waals surface area contributed by atoms with Crippen molar-refractivity contribution in [1.29, 1.82) is 0 Å². The minimum atomic E-state index is 0.373. The van der Waals surface area contributed by atoms with Crippen LogP contribution in [0.25, 0.3) is 0 Å². The lowest BCUT2D eigenvalue weighted by Gasteiger charge is -2.49. The van der Waals surface area contributed by atoms with Crippen LogP contribution in [-0.2, 0) is 5.41 Å². The van der Waals surface area contributed by atoms with Crippen LogP contribution in [0.5, 0.6) is 5.75 Å². The van der Waals surface area contributed by atoms with Crippen LogP contribution in [0, 0.1) is 0 Å². The van der Waals surface area contributed by atoms with Crippen molar-refractivity contribution in [3.05, 3.63) is 29.8 Å². The highest BCUT2D eigenvalue weighted by atomic mass is 16.5. The summed E-state index contributed by atoms with van der Waals surface area (Å²) in [4.78, 5) is 2.41. The number of hydrogen-bond acceptors (Lipinski definition) is 2. The van der Waals surface area contributed by atoms with Gasteiger partial charge in [0.15, 0.2) is 0 Å². The maximum Gasteiger partial charge on any atom is 0.119 e. The predicted molar refractivity (Wildman–Crippen MR) is 76.3 cm³/mol. The van der Waals surface area contributed by atoms with Crippen molar-refractivity contribution in [3.63, 3.8) is 0 Å². The number of nitrogens with zero attached hydrogens (tertiary/aromatic N) is 1. The molecule has 2 nitrogen and oxygen atoms in total. The van der Waals surface area contributed by atoms with Gasteiger partial charge in [0.1, 0.15) is 5.75 Å². The van der Waals surface area contributed by atoms with Crippen LogP contribution in [0.1, 0.15) is 38.2 Å². The first-order valence-electron chi connectivity index (χ1n) is 7.03. The standard InChI is InChI=1S/C16H25NO/c1-4-5-6-10-16(12-17(2)13-16)14-8-7-9-15(11-14)18-3/h7-9,11H,4-6,10,12-13H2,1-3H3. The highest BCUT2D eigenvalue weighted by Crippen LogP contribution is 2.39. The molecule has 0 unspecified atom stereocenters. The first-order chi connectivity index (χ1) is 8.70. The van der Waals surface area contributed by atoms with Crippen LogP contribution in [0.2, 0.25) is 0 Å². The number of rotatable bonds is 6. The summed E-state index contributed by atoms with van der Waals surface area (Å²) in [5.74, 6) is 0.983. The van der Waals surface area contributed by atoms with Crippen molar-refractivity contribution in [2.24, 2.45) is 0 Å². The van der Waals surface area contributed by atoms with E-state index in [1.165, 1.54) is 44.3 Å². The summed E-state index contributed by atoms with van der Waals surface area (Å²) in [5.41, 5.74) is 1.83. The van der Waals surface area contributed by atoms with Crippen LogP contribution in [-0.4, -0.2) is 32.1 Å². The van der Waals surface area contributed by atoms with Crippen molar-refractivity contribution in [2.45, 2.75) is 38.0 Å². The van der Waals surface area contributed by atoms with Gasteiger partial charge in [-0.15, -0.1) is 0 Å². The fourth-order valence-corrected chi connectivity index (χ4v) is 3.14. The summed E-state index contributed by atoms with van der Waals surface area (Å²) in [5, 5.41) is 0. The molecule has 100 valence electrons. The molecule has 18 heavy (non-hydrogen) atoms. The number of likely N-dealkylation sites (N-methyl/N-ethyl adjacent to an activating group) is 1. The average molecular weight is 247 g/mol. The molecule has 0 bridgehead atoms. The van der Waals surface area contributed by atoms with Gasteiger partial charge in [0, 0.05) is 18.5 Å². The molecule has 0 atom stereocenters. The molecule has 0 amide bonds. The van der Waals surface area contributed by atoms with Gasteiger partial charge in [-0.3, -0.25) is 0 Å². The Morgan fingerprint density at radius 3 is 2.67 bits per heavy atom. The molecule has 1 heterocycles. The number of unbranched alkanes of at least 4 members (excludes halogenated alkanes) is 2. The van der Waals surface area contributed by atoms with Gasteiger partial charge in [0.2, 0.25) is 0 Å². The smallest absolute Gasteiger partial charge is 0.119 e. The molecule has 1 aromatic rings. The van der Waals surface area contributed by atoms with E-state index in [0.717, 1.165) is 5.75 Å². The number of benzene rings is 1. The molecule has 1 saturated heterocycles. The van der Waals surface area contributed by atoms with E-state index in [-0.39, 0.29) is 0 Å². The Kier molecular flexibility index (Phi) is 4.28. The molecular weight excluding hydrogens is 222 g/mol. The highest BCUT2D eigenvalue weighted by Gasteiger charge is 2.41. The molecule has 0 radical (unpaired) electrons. The number of ether oxygens (including phenoxy) is 1. The van der Waals surface area contributed by atoms with Gasteiger partial charge in [-0.1, -0.05) is 38.3 Å². The third kappa shape index (κ3) is 2.69. The number of hydrogen-bond donors (Lipinski definition) is 0. The van der Waals surface area contributed by atoms with E-state index in [1.54, 1.807) is 7.11 Å². The Morgan fingerprint density at radius 1 is 1.28 bits per heavy atom. The van der Waals surface area contributed by atoms with Gasteiger partial charge in [-0.2, -0.15) is 0 Å². The van der Waals surface area contributed by atoms with E-state index < -0.39 is 0 Å². The molecule has 1 aliphatic rings. The Labute approximate surface area is 111 Å². The molecule has 0 aromatic heterocycles. The quantitative estimate of drug-likeness (QED) is 0.714. The van der Waals surface area contributed by atoms with Crippen molar-refractivity contribution < 1.29 is 4.74 Å². The largest absolute Gasteiger partial charge is 0.497 e. The van der Waals surface area contributed by atoms with E-state index in [1.807, 2.05) is 6.07 Å². The van der Waals surface area contributed by atoms with Gasteiger partial charge in [0.25, 0.3) is 0 Å². The van der Waals surface area contributed by atoms with Crippen molar-refractivity contribution in [1.82, 2.24) is 4.90 Å². The second kappa shape index (κ2) is 5.75. The SMILES string of the molecule is CCCCCC1(c2cccc(OC)c2)CN(C)C1. The second-order valence-corrected chi connectivity index (χ2v) is 5.64. The molecule has 2 heteroatoms. The summed E-state index contributed by atoms with van der Waals surface area (Å²) in [6.07, 6.45) is 5.28. The van der Waals surface area contributed by atoms with Gasteiger partial charge < -0.3 is 9.64 Å². The Morgan fingerprint density at radius 2 is 2.06 bits per heavy atom. The Bertz CT molecular complexity index is 382. The maximum absolute atomic E-state index is 5.36. The van der Waals surface area contributed by atoms with E-state index in [2.05, 4.69) is 37.1 Å². The zero-order valence-corrected chi connectivity index (χ0v) is 11.9. The molecular formula is C16H25NO. The van der Waals surface area contributed by atoms with Crippen LogP contribution in [0.15, 0.2) is 24.3 Å². The van der Waals surface area contributed by atoms with Gasteiger partial charge in [-0.25, -0.2) is 0 Å². The van der Waals surface area contributed by atoms with E-state index in [9.17, 15) is 0 Å². The molecule has 0 saturated carbocycles. The lowest BCUT2D eigenvalue weighted by Crippen LogP contribution is -2.57. The average Bonchev–Trinajstić information content (AvgIpc) is 2.36. The van der Waals surface area contributed by atoms with E-state index in [4.69, 9.17) is 4.74 Å². The normalized spacial score (nSPS) is 18.4. The molecule has 0 aliphatic carbocycles. The van der Waals surface area contributed by atoms with Crippen molar-refractivity contribution in [2.75, 3.05) is 27.2 Å². The van der Waals surface area contributed by atoms with Crippen molar-refractivity contribution >= 4 is 0 Å². The van der Waals surface area contributed by atoms with E-state index in [0.29, 0.717) is 5.41 Å². The zero-order valence-electron chi connectivity index (χ0n) is 11.9. The van der Waals surface area contributed by atoms with Crippen molar-refractivity contribution in [3.8, 4) is 5.75 Å². The highest BCUT2D eigenvalue weighted by molar-refractivity contribution is 5.36. The summed E-state index contributed by atoms with van der Waals surface area (Å²) >= 11 is 0. The molecule has 1 aliphatic heterocycles. The summed E-state index contributed by atoms with van der Waals surface area (Å²) < 4.78 is 5.36. The molecule has 2 rings (SSSR count). The minimum Gasteiger partial charge on any atom is -0.497 e. The second-order valence-electron chi connectivity index (χ2n) is 5.64. The first kappa shape index (κ1) is 13.4. The molecule has 1 fully saturated rings. The lowest BCUT2D eigenvalue weighted by atomic mass is 9.70. The minimum absolute atomic E-state index is 0.373. The fourth-order valence-electron chi connectivity index (χ4n) is 3.14. The first-order valence-corrected chi connectivity index (χ1v) is 7.03. The molecule has 0 N–H and O–H groups in total. The molecule has 0 spiro atoms. The van der Waals surface area contributed by atoms with Gasteiger partial charge in [0.05, 0.1) is 7.11 Å². The fraction of sp³-hybridized carbons (Fsp3) is 0.625. The van der Waals surface area contributed by atoms with Gasteiger partial charge in [-0.05, 0) is 31.2 Å². The van der Waals surface area contributed by atoms with Gasteiger partial charge >= 0.3 is 0 Å². The Balaban J connectivity index is 2.13. The summed E-state index contributed by atoms with van der Waals surface area (Å²) in [7, 11) is 3.95. The Hall–Kier alpha value is -1.02. The summed E-state index contributed by atoms with van der Waals surface area (Å²) in [6, 6.07) is 8.64. The topological polar surface area (TPSA) is 12.5 Å². The maximum atomic E-state index is 5.36. The van der Waals surface area contributed by atoms with Crippen LogP contribution in [0.4, 0.5) is 0 Å². The third-order valence-corrected chi connectivity index (χ3v) is 4.09. The van der Waals surface area contributed by atoms with Crippen LogP contribution >= 0.6 is 0 Å². The monoisotopic (exact) mass is 247 g/mol. The molecule has 1 aromatic carbocycles. The summed E-state index contributed by atoms with van der Waals surface area (Å²) in [6.45, 7) is 4.64.